The van der Waals surface area contributed by atoms with Gasteiger partial charge in [0.1, 0.15) is 0 Å². The molecule has 3 aromatic rings. The Bertz CT molecular complexity index is 1240. The molecule has 0 aliphatic carbocycles. The van der Waals surface area contributed by atoms with Gasteiger partial charge in [-0.25, -0.2) is 4.98 Å². The van der Waals surface area contributed by atoms with Gasteiger partial charge in [0.05, 0.1) is 29.3 Å². The summed E-state index contributed by atoms with van der Waals surface area (Å²) >= 11 is 0. The molecule has 6 nitrogen and oxygen atoms in total. The number of rotatable bonds is 3. The van der Waals surface area contributed by atoms with E-state index in [4.69, 9.17) is 0 Å². The van der Waals surface area contributed by atoms with Crippen molar-refractivity contribution >= 4 is 17.6 Å². The highest BCUT2D eigenvalue weighted by Gasteiger charge is 2.45. The number of benzene rings is 2. The molecule has 1 aromatic heterocycles. The van der Waals surface area contributed by atoms with Crippen LogP contribution in [0.2, 0.25) is 0 Å². The Labute approximate surface area is 194 Å². The summed E-state index contributed by atoms with van der Waals surface area (Å²) in [6, 6.07) is 5.50. The highest BCUT2D eigenvalue weighted by atomic mass is 19.4. The molecule has 12 heteroatoms. The molecule has 0 radical (unpaired) electrons. The fourth-order valence-electron chi connectivity index (χ4n) is 4.09. The smallest absolute Gasteiger partial charge is 0.334 e. The first-order valence-corrected chi connectivity index (χ1v) is 10.1. The number of hydrogen-bond acceptors (Lipinski definition) is 4. The fourth-order valence-corrected chi connectivity index (χ4v) is 4.09. The van der Waals surface area contributed by atoms with Crippen molar-refractivity contribution in [3.05, 3.63) is 88.9 Å². The summed E-state index contributed by atoms with van der Waals surface area (Å²) in [7, 11) is 1.22. The monoisotopic (exact) mass is 494 g/mol. The predicted octanol–water partition coefficient (Wildman–Crippen LogP) is 5.06. The van der Waals surface area contributed by atoms with Gasteiger partial charge in [0.25, 0.3) is 5.91 Å². The van der Waals surface area contributed by atoms with Gasteiger partial charge in [-0.15, -0.1) is 0 Å². The third-order valence-corrected chi connectivity index (χ3v) is 5.63. The number of nitrogens with zero attached hydrogens (tertiary/aromatic N) is 3. The molecule has 2 aromatic carbocycles. The molecule has 0 spiro atoms. The van der Waals surface area contributed by atoms with Gasteiger partial charge in [0.15, 0.2) is 5.82 Å². The van der Waals surface area contributed by atoms with E-state index in [0.29, 0.717) is 12.1 Å². The zero-order chi connectivity index (χ0) is 25.5. The molecule has 35 heavy (non-hydrogen) atoms. The Morgan fingerprint density at radius 2 is 1.60 bits per heavy atom. The van der Waals surface area contributed by atoms with Crippen molar-refractivity contribution in [1.82, 2.24) is 14.9 Å². The van der Waals surface area contributed by atoms with Gasteiger partial charge >= 0.3 is 12.4 Å². The molecule has 0 saturated carbocycles. The lowest BCUT2D eigenvalue weighted by atomic mass is 9.78. The van der Waals surface area contributed by atoms with Crippen LogP contribution in [0, 0.1) is 0 Å². The number of hydrogen-bond donors (Lipinski definition) is 1. The number of carbonyl (C=O) groups is 2. The van der Waals surface area contributed by atoms with Gasteiger partial charge in [-0.05, 0) is 35.4 Å². The van der Waals surface area contributed by atoms with E-state index < -0.39 is 52.8 Å². The molecule has 2 unspecified atom stereocenters. The second-order valence-corrected chi connectivity index (χ2v) is 7.84. The van der Waals surface area contributed by atoms with E-state index in [0.717, 1.165) is 4.90 Å². The standard InChI is InChI=1S/C23H16F6N4O2/c1-33-19(12-8-13(22(24,25)26)10-14(9-12)23(27,28)29)18(15-4-2-3-5-16(15)21(33)35)20(34)32-17-11-30-6-7-31-17/h2-11,18-19H,1H3,(H,31,32,34). The van der Waals surface area contributed by atoms with E-state index in [9.17, 15) is 35.9 Å². The molecule has 2 heterocycles. The van der Waals surface area contributed by atoms with Gasteiger partial charge in [-0.1, -0.05) is 18.2 Å². The number of fused-ring (bicyclic) bond motifs is 1. The van der Waals surface area contributed by atoms with Crippen LogP contribution in [0.15, 0.2) is 61.1 Å². The van der Waals surface area contributed by atoms with Crippen molar-refractivity contribution < 1.29 is 35.9 Å². The number of carbonyl (C=O) groups excluding carboxylic acids is 2. The van der Waals surface area contributed by atoms with Gasteiger partial charge in [-0.3, -0.25) is 14.6 Å². The molecule has 0 bridgehead atoms. The van der Waals surface area contributed by atoms with E-state index in [2.05, 4.69) is 15.3 Å². The molecule has 4 rings (SSSR count). The number of nitrogens with one attached hydrogen (secondary N) is 1. The van der Waals surface area contributed by atoms with E-state index in [1.54, 1.807) is 0 Å². The van der Waals surface area contributed by atoms with E-state index in [1.807, 2.05) is 0 Å². The van der Waals surface area contributed by atoms with E-state index in [-0.39, 0.29) is 23.0 Å². The average Bonchev–Trinajstić information content (AvgIpc) is 2.80. The molecule has 1 aliphatic rings. The van der Waals surface area contributed by atoms with Crippen molar-refractivity contribution in [2.75, 3.05) is 12.4 Å². The van der Waals surface area contributed by atoms with Crippen LogP contribution in [0.4, 0.5) is 32.2 Å². The van der Waals surface area contributed by atoms with E-state index in [1.165, 1.54) is 49.9 Å². The quantitative estimate of drug-likeness (QED) is 0.517. The second kappa shape index (κ2) is 8.67. The molecule has 182 valence electrons. The largest absolute Gasteiger partial charge is 0.416 e. The van der Waals surface area contributed by atoms with Crippen LogP contribution < -0.4 is 5.32 Å². The minimum Gasteiger partial charge on any atom is -0.334 e. The molecular weight excluding hydrogens is 478 g/mol. The molecule has 0 fully saturated rings. The minimum absolute atomic E-state index is 0.00324. The summed E-state index contributed by atoms with van der Waals surface area (Å²) in [6.07, 6.45) is -6.32. The lowest BCUT2D eigenvalue weighted by molar-refractivity contribution is -0.143. The van der Waals surface area contributed by atoms with Crippen LogP contribution in [0.3, 0.4) is 0 Å². The topological polar surface area (TPSA) is 75.2 Å². The number of aromatic nitrogens is 2. The van der Waals surface area contributed by atoms with Crippen molar-refractivity contribution in [2.24, 2.45) is 0 Å². The summed E-state index contributed by atoms with van der Waals surface area (Å²) in [6.45, 7) is 0. The molecular formula is C23H16F6N4O2. The fraction of sp³-hybridized carbons (Fsp3) is 0.217. The third kappa shape index (κ3) is 4.68. The number of halogens is 6. The van der Waals surface area contributed by atoms with Gasteiger partial charge in [0, 0.05) is 25.0 Å². The summed E-state index contributed by atoms with van der Waals surface area (Å²) in [4.78, 5) is 35.1. The summed E-state index contributed by atoms with van der Waals surface area (Å²) < 4.78 is 81.1. The Kier molecular flexibility index (Phi) is 5.99. The lowest BCUT2D eigenvalue weighted by Crippen LogP contribution is -2.44. The molecule has 0 saturated heterocycles. The average molecular weight is 494 g/mol. The van der Waals surface area contributed by atoms with E-state index >= 15 is 0 Å². The van der Waals surface area contributed by atoms with Crippen LogP contribution in [-0.4, -0.2) is 33.7 Å². The van der Waals surface area contributed by atoms with Gasteiger partial charge < -0.3 is 10.2 Å². The third-order valence-electron chi connectivity index (χ3n) is 5.63. The van der Waals surface area contributed by atoms with Gasteiger partial charge in [-0.2, -0.15) is 26.3 Å². The summed E-state index contributed by atoms with van der Waals surface area (Å²) in [5, 5.41) is 2.48. The zero-order valence-electron chi connectivity index (χ0n) is 17.9. The lowest BCUT2D eigenvalue weighted by Gasteiger charge is -2.40. The Balaban J connectivity index is 1.92. The first kappa shape index (κ1) is 24.2. The number of anilines is 1. The highest BCUT2D eigenvalue weighted by Crippen LogP contribution is 2.45. The Morgan fingerprint density at radius 1 is 0.971 bits per heavy atom. The van der Waals surface area contributed by atoms with Crippen molar-refractivity contribution in [3.8, 4) is 0 Å². The highest BCUT2D eigenvalue weighted by molar-refractivity contribution is 6.04. The van der Waals surface area contributed by atoms with Crippen LogP contribution in [0.5, 0.6) is 0 Å². The summed E-state index contributed by atoms with van der Waals surface area (Å²) in [5.74, 6) is -2.76. The molecule has 2 amide bonds. The first-order chi connectivity index (χ1) is 16.4. The molecule has 1 aliphatic heterocycles. The molecule has 1 N–H and O–H groups in total. The van der Waals surface area contributed by atoms with Crippen LogP contribution in [-0.2, 0) is 17.1 Å². The number of alkyl halides is 6. The Hall–Kier alpha value is -3.96. The van der Waals surface area contributed by atoms with Crippen molar-refractivity contribution in [2.45, 2.75) is 24.3 Å². The number of likely N-dealkylation sites (N-methyl/N-ethyl adjacent to an activating group) is 1. The van der Waals surface area contributed by atoms with Crippen LogP contribution in [0.25, 0.3) is 0 Å². The first-order valence-electron chi connectivity index (χ1n) is 10.1. The van der Waals surface area contributed by atoms with Crippen molar-refractivity contribution in [1.29, 1.82) is 0 Å². The molecule has 2 atom stereocenters. The second-order valence-electron chi connectivity index (χ2n) is 7.84. The maximum absolute atomic E-state index is 13.5. The van der Waals surface area contributed by atoms with Gasteiger partial charge in [0.2, 0.25) is 5.91 Å². The predicted molar refractivity (Wildman–Crippen MR) is 111 cm³/mol. The number of amides is 2. The maximum Gasteiger partial charge on any atom is 0.416 e. The normalized spacial score (nSPS) is 18.3. The van der Waals surface area contributed by atoms with Crippen LogP contribution >= 0.6 is 0 Å². The SMILES string of the molecule is CN1C(=O)c2ccccc2C(C(=O)Nc2cnccn2)C1c1cc(C(F)(F)F)cc(C(F)(F)F)c1. The summed E-state index contributed by atoms with van der Waals surface area (Å²) in [5.41, 5.74) is -3.32. The maximum atomic E-state index is 13.5. The minimum atomic E-state index is -5.09. The Morgan fingerprint density at radius 3 is 2.17 bits per heavy atom. The zero-order valence-corrected chi connectivity index (χ0v) is 17.9. The van der Waals surface area contributed by atoms with Crippen LogP contribution in [0.1, 0.15) is 44.6 Å². The van der Waals surface area contributed by atoms with Crippen molar-refractivity contribution in [3.63, 3.8) is 0 Å².